The minimum atomic E-state index is -0.125. The zero-order valence-corrected chi connectivity index (χ0v) is 12.4. The zero-order valence-electron chi connectivity index (χ0n) is 11.6. The number of hydrogen-bond donors (Lipinski definition) is 3. The molecule has 2 unspecified atom stereocenters. The molecule has 0 saturated heterocycles. The van der Waals surface area contributed by atoms with Crippen LogP contribution in [0.3, 0.4) is 0 Å². The Balaban J connectivity index is 2.17. The van der Waals surface area contributed by atoms with Crippen LogP contribution < -0.4 is 21.1 Å². The van der Waals surface area contributed by atoms with Crippen molar-refractivity contribution in [3.05, 3.63) is 4.88 Å². The largest absolute Gasteiger partial charge is 0.492 e. The number of carbonyl (C=O) groups excluding carboxylic acids is 1. The van der Waals surface area contributed by atoms with E-state index in [1.54, 1.807) is 7.11 Å². The van der Waals surface area contributed by atoms with Gasteiger partial charge in [-0.15, -0.1) is 11.3 Å². The van der Waals surface area contributed by atoms with Crippen LogP contribution in [0, 0.1) is 5.92 Å². The number of methoxy groups -OCH3 is 1. The Bertz CT molecular complexity index is 473. The number of thiophene rings is 1. The van der Waals surface area contributed by atoms with Crippen LogP contribution in [0.5, 0.6) is 5.75 Å². The Morgan fingerprint density at radius 1 is 1.58 bits per heavy atom. The van der Waals surface area contributed by atoms with E-state index in [1.807, 2.05) is 6.92 Å². The second-order valence-corrected chi connectivity index (χ2v) is 5.95. The first-order valence-corrected chi connectivity index (χ1v) is 7.41. The normalized spacial score (nSPS) is 21.0. The molecular formula is C13H21N3O2S. The lowest BCUT2D eigenvalue weighted by molar-refractivity contribution is 0.0958. The lowest BCUT2D eigenvalue weighted by Gasteiger charge is -2.05. The number of nitrogen functional groups attached to an aromatic ring is 1. The molecule has 0 bridgehead atoms. The Morgan fingerprint density at radius 3 is 2.79 bits per heavy atom. The minimum absolute atomic E-state index is 0.125. The molecule has 1 aromatic rings. The summed E-state index contributed by atoms with van der Waals surface area (Å²) in [5.41, 5.74) is 6.43. The van der Waals surface area contributed by atoms with Crippen molar-refractivity contribution in [2.45, 2.75) is 32.7 Å². The predicted molar refractivity (Wildman–Crippen MR) is 79.1 cm³/mol. The van der Waals surface area contributed by atoms with E-state index in [0.29, 0.717) is 34.8 Å². The number of nitrogens with one attached hydrogen (secondary N) is 2. The van der Waals surface area contributed by atoms with Crippen molar-refractivity contribution in [1.29, 1.82) is 0 Å². The molecule has 1 aromatic heterocycles. The van der Waals surface area contributed by atoms with Crippen LogP contribution in [-0.4, -0.2) is 25.6 Å². The topological polar surface area (TPSA) is 76.4 Å². The van der Waals surface area contributed by atoms with E-state index in [4.69, 9.17) is 10.5 Å². The summed E-state index contributed by atoms with van der Waals surface area (Å²) >= 11 is 1.37. The average Bonchev–Trinajstić information content (AvgIpc) is 2.98. The Labute approximate surface area is 117 Å². The molecule has 106 valence electrons. The molecule has 5 nitrogen and oxygen atoms in total. The standard InChI is InChI=1S/C13H21N3O2S/c1-4-5-15-12(17)11-9(14)10(18-3)13(19-11)16-8-6-7(8)2/h7-8,16H,4-6,14H2,1-3H3,(H,15,17). The van der Waals surface area contributed by atoms with Crippen molar-refractivity contribution in [3.63, 3.8) is 0 Å². The smallest absolute Gasteiger partial charge is 0.263 e. The summed E-state index contributed by atoms with van der Waals surface area (Å²) in [6.07, 6.45) is 2.05. The number of nitrogens with two attached hydrogens (primary N) is 1. The average molecular weight is 283 g/mol. The van der Waals surface area contributed by atoms with Gasteiger partial charge in [0.25, 0.3) is 5.91 Å². The fourth-order valence-corrected chi connectivity index (χ4v) is 2.97. The fourth-order valence-electron chi connectivity index (χ4n) is 1.91. The maximum atomic E-state index is 12.0. The van der Waals surface area contributed by atoms with Crippen molar-refractivity contribution in [1.82, 2.24) is 5.32 Å². The van der Waals surface area contributed by atoms with E-state index in [1.165, 1.54) is 11.3 Å². The van der Waals surface area contributed by atoms with Crippen LogP contribution in [0.2, 0.25) is 0 Å². The number of amides is 1. The maximum absolute atomic E-state index is 12.0. The highest BCUT2D eigenvalue weighted by molar-refractivity contribution is 7.19. The van der Waals surface area contributed by atoms with Gasteiger partial charge in [-0.05, 0) is 18.8 Å². The van der Waals surface area contributed by atoms with Crippen molar-refractivity contribution in [2.24, 2.45) is 5.92 Å². The predicted octanol–water partition coefficient (Wildman–Crippen LogP) is 2.30. The lowest BCUT2D eigenvalue weighted by atomic mass is 10.3. The van der Waals surface area contributed by atoms with Gasteiger partial charge in [-0.3, -0.25) is 4.79 Å². The molecule has 19 heavy (non-hydrogen) atoms. The van der Waals surface area contributed by atoms with E-state index >= 15 is 0 Å². The Kier molecular flexibility index (Phi) is 4.19. The Morgan fingerprint density at radius 2 is 2.26 bits per heavy atom. The SMILES string of the molecule is CCCNC(=O)c1sc(NC2CC2C)c(OC)c1N. The van der Waals surface area contributed by atoms with Gasteiger partial charge in [0.1, 0.15) is 15.6 Å². The molecule has 0 aliphatic heterocycles. The fraction of sp³-hybridized carbons (Fsp3) is 0.615. The van der Waals surface area contributed by atoms with Crippen molar-refractivity contribution >= 4 is 27.9 Å². The molecular weight excluding hydrogens is 262 g/mol. The molecule has 1 aliphatic rings. The van der Waals surface area contributed by atoms with Gasteiger partial charge in [0.15, 0.2) is 5.75 Å². The molecule has 2 rings (SSSR count). The van der Waals surface area contributed by atoms with E-state index in [0.717, 1.165) is 17.8 Å². The third-order valence-corrected chi connectivity index (χ3v) is 4.39. The molecule has 1 fully saturated rings. The summed E-state index contributed by atoms with van der Waals surface area (Å²) in [4.78, 5) is 12.5. The van der Waals surface area contributed by atoms with Crippen LogP contribution in [0.15, 0.2) is 0 Å². The molecule has 2 atom stereocenters. The summed E-state index contributed by atoms with van der Waals surface area (Å²) in [6.45, 7) is 4.86. The number of ether oxygens (including phenoxy) is 1. The van der Waals surface area contributed by atoms with Gasteiger partial charge in [-0.2, -0.15) is 0 Å². The van der Waals surface area contributed by atoms with Crippen LogP contribution in [0.4, 0.5) is 10.7 Å². The summed E-state index contributed by atoms with van der Waals surface area (Å²) in [5, 5.41) is 7.09. The second-order valence-electron chi connectivity index (χ2n) is 4.93. The number of rotatable bonds is 6. The Hall–Kier alpha value is -1.43. The van der Waals surface area contributed by atoms with E-state index in [-0.39, 0.29) is 5.91 Å². The lowest BCUT2D eigenvalue weighted by Crippen LogP contribution is -2.23. The van der Waals surface area contributed by atoms with Gasteiger partial charge in [-0.25, -0.2) is 0 Å². The monoisotopic (exact) mass is 283 g/mol. The van der Waals surface area contributed by atoms with Gasteiger partial charge < -0.3 is 21.1 Å². The van der Waals surface area contributed by atoms with Gasteiger partial charge in [0.2, 0.25) is 0 Å². The van der Waals surface area contributed by atoms with E-state index in [9.17, 15) is 4.79 Å². The molecule has 6 heteroatoms. The van der Waals surface area contributed by atoms with Gasteiger partial charge in [-0.1, -0.05) is 13.8 Å². The van der Waals surface area contributed by atoms with Crippen molar-refractivity contribution < 1.29 is 9.53 Å². The van der Waals surface area contributed by atoms with Crippen LogP contribution in [0.25, 0.3) is 0 Å². The molecule has 1 amide bonds. The molecule has 1 heterocycles. The van der Waals surface area contributed by atoms with E-state index < -0.39 is 0 Å². The molecule has 1 aliphatic carbocycles. The van der Waals surface area contributed by atoms with E-state index in [2.05, 4.69) is 17.6 Å². The highest BCUT2D eigenvalue weighted by Crippen LogP contribution is 2.45. The quantitative estimate of drug-likeness (QED) is 0.748. The van der Waals surface area contributed by atoms with Gasteiger partial charge >= 0.3 is 0 Å². The second kappa shape index (κ2) is 5.69. The third-order valence-electron chi connectivity index (χ3n) is 3.27. The third kappa shape index (κ3) is 2.94. The van der Waals surface area contributed by atoms with Crippen molar-refractivity contribution in [2.75, 3.05) is 24.7 Å². The molecule has 0 spiro atoms. The summed E-state index contributed by atoms with van der Waals surface area (Å²) in [6, 6.07) is 0.471. The maximum Gasteiger partial charge on any atom is 0.263 e. The van der Waals surface area contributed by atoms with Crippen molar-refractivity contribution in [3.8, 4) is 5.75 Å². The zero-order chi connectivity index (χ0) is 14.0. The minimum Gasteiger partial charge on any atom is -0.492 e. The van der Waals surface area contributed by atoms with Crippen LogP contribution >= 0.6 is 11.3 Å². The first-order chi connectivity index (χ1) is 9.08. The number of carbonyl (C=O) groups is 1. The van der Waals surface area contributed by atoms with Crippen LogP contribution in [-0.2, 0) is 0 Å². The highest BCUT2D eigenvalue weighted by Gasteiger charge is 2.34. The molecule has 1 saturated carbocycles. The summed E-state index contributed by atoms with van der Waals surface area (Å²) in [5.74, 6) is 1.13. The van der Waals surface area contributed by atoms with Gasteiger partial charge in [0.05, 0.1) is 7.11 Å². The first-order valence-electron chi connectivity index (χ1n) is 6.59. The van der Waals surface area contributed by atoms with Gasteiger partial charge in [0, 0.05) is 12.6 Å². The number of hydrogen-bond acceptors (Lipinski definition) is 5. The molecule has 0 aromatic carbocycles. The van der Waals surface area contributed by atoms with Crippen LogP contribution in [0.1, 0.15) is 36.4 Å². The molecule has 0 radical (unpaired) electrons. The summed E-state index contributed by atoms with van der Waals surface area (Å²) in [7, 11) is 1.58. The highest BCUT2D eigenvalue weighted by atomic mass is 32.1. The first kappa shape index (κ1) is 14.0. The summed E-state index contributed by atoms with van der Waals surface area (Å²) < 4.78 is 5.32. The molecule has 4 N–H and O–H groups in total. The number of anilines is 2.